The Balaban J connectivity index is 1.68. The summed E-state index contributed by atoms with van der Waals surface area (Å²) in [5.41, 5.74) is 0.117. The maximum atomic E-state index is 13.0. The maximum absolute atomic E-state index is 13.0. The Morgan fingerprint density at radius 1 is 1.00 bits per heavy atom. The molecule has 0 aromatic heterocycles. The van der Waals surface area contributed by atoms with Gasteiger partial charge in [0.2, 0.25) is 0 Å². The lowest BCUT2D eigenvalue weighted by Crippen LogP contribution is -2.55. The summed E-state index contributed by atoms with van der Waals surface area (Å²) in [6.45, 7) is 5.14. The van der Waals surface area contributed by atoms with Gasteiger partial charge in [-0.2, -0.15) is 13.2 Å². The average Bonchev–Trinajstić information content (AvgIpc) is 3.26. The van der Waals surface area contributed by atoms with Crippen LogP contribution in [0.4, 0.5) is 13.2 Å². The van der Waals surface area contributed by atoms with Crippen LogP contribution < -0.4 is 14.8 Å². The van der Waals surface area contributed by atoms with Gasteiger partial charge >= 0.3 is 23.9 Å². The lowest BCUT2D eigenvalue weighted by Gasteiger charge is -2.22. The highest BCUT2D eigenvalue weighted by molar-refractivity contribution is 6.03. The van der Waals surface area contributed by atoms with Gasteiger partial charge in [0.05, 0.1) is 24.9 Å². The summed E-state index contributed by atoms with van der Waals surface area (Å²) in [7, 11) is 0. The highest BCUT2D eigenvalue weighted by Crippen LogP contribution is 2.41. The molecule has 11 heteroatoms. The van der Waals surface area contributed by atoms with E-state index in [1.165, 1.54) is 12.1 Å². The summed E-state index contributed by atoms with van der Waals surface area (Å²) in [6.07, 6.45) is -4.51. The lowest BCUT2D eigenvalue weighted by atomic mass is 10.0. The SMILES string of the molecule is CCOC(=O)C1(C(=O)OCC)Oc2ccc(CC(CC)NCC(O)c3cccc(C(F)(F)F)c3)cc2O1. The number of benzene rings is 2. The molecule has 1 aliphatic heterocycles. The number of ether oxygens (including phenoxy) is 4. The van der Waals surface area contributed by atoms with Crippen molar-refractivity contribution < 1.29 is 46.8 Å². The first-order chi connectivity index (χ1) is 17.5. The molecule has 0 radical (unpaired) electrons. The van der Waals surface area contributed by atoms with Crippen molar-refractivity contribution in [2.24, 2.45) is 0 Å². The third kappa shape index (κ3) is 6.53. The van der Waals surface area contributed by atoms with Gasteiger partial charge in [-0.3, -0.25) is 0 Å². The van der Waals surface area contributed by atoms with E-state index in [9.17, 15) is 27.9 Å². The predicted molar refractivity (Wildman–Crippen MR) is 126 cm³/mol. The van der Waals surface area contributed by atoms with Crippen LogP contribution in [0.15, 0.2) is 42.5 Å². The fourth-order valence-corrected chi connectivity index (χ4v) is 3.84. The lowest BCUT2D eigenvalue weighted by molar-refractivity contribution is -0.202. The first kappa shape index (κ1) is 28.3. The molecule has 0 spiro atoms. The van der Waals surface area contributed by atoms with Crippen LogP contribution in [-0.2, 0) is 31.7 Å². The zero-order valence-corrected chi connectivity index (χ0v) is 20.8. The molecule has 1 aliphatic rings. The second-order valence-corrected chi connectivity index (χ2v) is 8.40. The molecule has 2 aromatic rings. The molecule has 2 N–H and O–H groups in total. The van der Waals surface area contributed by atoms with Crippen molar-refractivity contribution in [2.45, 2.75) is 57.7 Å². The maximum Gasteiger partial charge on any atom is 0.453 e. The molecule has 0 saturated carbocycles. The third-order valence-corrected chi connectivity index (χ3v) is 5.78. The Hall–Kier alpha value is -3.31. The second kappa shape index (κ2) is 11.8. The number of hydrogen-bond donors (Lipinski definition) is 2. The molecule has 2 aromatic carbocycles. The first-order valence-electron chi connectivity index (χ1n) is 12.0. The number of esters is 2. The van der Waals surface area contributed by atoms with E-state index < -0.39 is 35.6 Å². The highest BCUT2D eigenvalue weighted by Gasteiger charge is 2.59. The Bertz CT molecular complexity index is 1090. The fraction of sp³-hybridized carbons (Fsp3) is 0.462. The van der Waals surface area contributed by atoms with E-state index in [1.807, 2.05) is 6.92 Å². The summed E-state index contributed by atoms with van der Waals surface area (Å²) in [5.74, 6) is -4.10. The van der Waals surface area contributed by atoms with E-state index in [1.54, 1.807) is 32.0 Å². The molecule has 0 saturated heterocycles. The normalized spacial score (nSPS) is 15.6. The fourth-order valence-electron chi connectivity index (χ4n) is 3.84. The monoisotopic (exact) mass is 525 g/mol. The quantitative estimate of drug-likeness (QED) is 0.336. The van der Waals surface area contributed by atoms with Crippen molar-refractivity contribution in [1.29, 1.82) is 0 Å². The molecule has 3 rings (SSSR count). The Kier molecular flexibility index (Phi) is 9.03. The minimum absolute atomic E-state index is 0.00447. The molecule has 0 fully saturated rings. The van der Waals surface area contributed by atoms with Crippen LogP contribution in [0, 0.1) is 0 Å². The number of nitrogens with one attached hydrogen (secondary N) is 1. The first-order valence-corrected chi connectivity index (χ1v) is 12.0. The number of rotatable bonds is 11. The Morgan fingerprint density at radius 3 is 2.24 bits per heavy atom. The topological polar surface area (TPSA) is 103 Å². The molecule has 2 atom stereocenters. The van der Waals surface area contributed by atoms with Gasteiger partial charge in [0, 0.05) is 12.6 Å². The molecular formula is C26H30F3NO7. The second-order valence-electron chi connectivity index (χ2n) is 8.40. The van der Waals surface area contributed by atoms with Crippen LogP contribution in [0.25, 0.3) is 0 Å². The number of halogens is 3. The van der Waals surface area contributed by atoms with Crippen LogP contribution in [0.2, 0.25) is 0 Å². The summed E-state index contributed by atoms with van der Waals surface area (Å²) in [6, 6.07) is 9.39. The van der Waals surface area contributed by atoms with E-state index in [0.717, 1.165) is 17.7 Å². The van der Waals surface area contributed by atoms with Crippen LogP contribution in [-0.4, -0.2) is 48.6 Å². The van der Waals surface area contributed by atoms with Gasteiger partial charge in [-0.25, -0.2) is 9.59 Å². The van der Waals surface area contributed by atoms with Crippen LogP contribution in [0.1, 0.15) is 50.0 Å². The summed E-state index contributed by atoms with van der Waals surface area (Å²) in [4.78, 5) is 25.1. The van der Waals surface area contributed by atoms with Crippen LogP contribution in [0.5, 0.6) is 11.5 Å². The van der Waals surface area contributed by atoms with Gasteiger partial charge in [-0.05, 0) is 62.1 Å². The number of fused-ring (bicyclic) bond motifs is 1. The highest BCUT2D eigenvalue weighted by atomic mass is 19.4. The number of hydrogen-bond acceptors (Lipinski definition) is 8. The van der Waals surface area contributed by atoms with Crippen molar-refractivity contribution in [3.05, 3.63) is 59.2 Å². The molecule has 0 amide bonds. The van der Waals surface area contributed by atoms with Gasteiger partial charge in [-0.15, -0.1) is 0 Å². The van der Waals surface area contributed by atoms with Crippen molar-refractivity contribution in [2.75, 3.05) is 19.8 Å². The number of carbonyl (C=O) groups excluding carboxylic acids is 2. The zero-order chi connectivity index (χ0) is 27.2. The number of aliphatic hydroxyl groups excluding tert-OH is 1. The smallest absolute Gasteiger partial charge is 0.453 e. The molecular weight excluding hydrogens is 495 g/mol. The van der Waals surface area contributed by atoms with E-state index in [2.05, 4.69) is 5.32 Å². The van der Waals surface area contributed by atoms with E-state index in [0.29, 0.717) is 12.8 Å². The van der Waals surface area contributed by atoms with Gasteiger partial charge in [0.1, 0.15) is 0 Å². The largest absolute Gasteiger partial charge is 0.460 e. The van der Waals surface area contributed by atoms with E-state index in [4.69, 9.17) is 18.9 Å². The molecule has 202 valence electrons. The molecule has 0 bridgehead atoms. The van der Waals surface area contributed by atoms with Crippen molar-refractivity contribution in [3.8, 4) is 11.5 Å². The van der Waals surface area contributed by atoms with Gasteiger partial charge < -0.3 is 29.4 Å². The average molecular weight is 526 g/mol. The van der Waals surface area contributed by atoms with Crippen LogP contribution >= 0.6 is 0 Å². The van der Waals surface area contributed by atoms with E-state index >= 15 is 0 Å². The minimum Gasteiger partial charge on any atom is -0.460 e. The molecule has 2 unspecified atom stereocenters. The minimum atomic E-state index is -4.49. The summed E-state index contributed by atoms with van der Waals surface area (Å²) in [5, 5.41) is 13.6. The molecule has 1 heterocycles. The zero-order valence-electron chi connectivity index (χ0n) is 20.8. The van der Waals surface area contributed by atoms with Crippen molar-refractivity contribution in [3.63, 3.8) is 0 Å². The molecule has 0 aliphatic carbocycles. The number of alkyl halides is 3. The molecule has 8 nitrogen and oxygen atoms in total. The van der Waals surface area contributed by atoms with Crippen molar-refractivity contribution >= 4 is 11.9 Å². The molecule has 37 heavy (non-hydrogen) atoms. The number of carbonyl (C=O) groups is 2. The Labute approximate surface area is 212 Å². The predicted octanol–water partition coefficient (Wildman–Crippen LogP) is 3.94. The summed E-state index contributed by atoms with van der Waals surface area (Å²) >= 11 is 0. The van der Waals surface area contributed by atoms with Gasteiger partial charge in [0.15, 0.2) is 11.5 Å². The Morgan fingerprint density at radius 2 is 1.65 bits per heavy atom. The van der Waals surface area contributed by atoms with Gasteiger partial charge in [-0.1, -0.05) is 25.1 Å². The van der Waals surface area contributed by atoms with Gasteiger partial charge in [0.25, 0.3) is 0 Å². The standard InChI is InChI=1S/C26H30F3NO7/c1-4-19(30-15-20(31)17-8-7-9-18(14-17)26(27,28)29)12-16-10-11-21-22(13-16)37-25(36-21,23(32)34-5-2)24(33)35-6-3/h7-11,13-14,19-20,30-31H,4-6,12,15H2,1-3H3. The van der Waals surface area contributed by atoms with Crippen LogP contribution in [0.3, 0.4) is 0 Å². The van der Waals surface area contributed by atoms with E-state index in [-0.39, 0.29) is 42.9 Å². The number of aliphatic hydroxyl groups is 1. The van der Waals surface area contributed by atoms with Crippen molar-refractivity contribution in [1.82, 2.24) is 5.32 Å². The third-order valence-electron chi connectivity index (χ3n) is 5.78. The summed E-state index contributed by atoms with van der Waals surface area (Å²) < 4.78 is 60.1.